The van der Waals surface area contributed by atoms with E-state index < -0.39 is 30.1 Å². The highest BCUT2D eigenvalue weighted by molar-refractivity contribution is 7.93. The molecule has 0 spiro atoms. The fraction of sp³-hybridized carbons (Fsp3) is 0. The van der Waals surface area contributed by atoms with Crippen LogP contribution in [-0.2, 0) is 30.1 Å². The van der Waals surface area contributed by atoms with Crippen molar-refractivity contribution in [3.05, 3.63) is 60.1 Å². The third-order valence-electron chi connectivity index (χ3n) is 3.53. The van der Waals surface area contributed by atoms with E-state index in [1.165, 1.54) is 30.5 Å². The Kier molecular flexibility index (Phi) is 5.64. The minimum Gasteiger partial charge on any atom is -0.280 e. The van der Waals surface area contributed by atoms with Gasteiger partial charge >= 0.3 is 0 Å². The lowest BCUT2D eigenvalue weighted by molar-refractivity contribution is 0.595. The molecule has 1 aromatic heterocycles. The van der Waals surface area contributed by atoms with Gasteiger partial charge in [-0.15, -0.1) is 11.3 Å². The van der Waals surface area contributed by atoms with E-state index in [1.54, 1.807) is 5.38 Å². The van der Waals surface area contributed by atoms with E-state index in [9.17, 15) is 25.3 Å². The van der Waals surface area contributed by atoms with Crippen LogP contribution in [0.25, 0.3) is 0 Å². The van der Waals surface area contributed by atoms with Crippen molar-refractivity contribution >= 4 is 52.2 Å². The molecule has 1 heterocycles. The molecular formula is C15H14N4O6S4. The van der Waals surface area contributed by atoms with Crippen molar-refractivity contribution in [1.82, 2.24) is 4.98 Å². The maximum atomic E-state index is 12.4. The zero-order chi connectivity index (χ0) is 21.3. The number of hydrogen-bond donors (Lipinski definition) is 3. The first-order valence-electron chi connectivity index (χ1n) is 7.65. The number of primary sulfonamides is 1. The van der Waals surface area contributed by atoms with Gasteiger partial charge in [0.05, 0.1) is 14.7 Å². The van der Waals surface area contributed by atoms with Crippen LogP contribution in [0.3, 0.4) is 0 Å². The van der Waals surface area contributed by atoms with Crippen LogP contribution in [0, 0.1) is 0 Å². The van der Waals surface area contributed by atoms with Crippen LogP contribution in [-0.4, -0.2) is 30.2 Å². The van der Waals surface area contributed by atoms with Crippen LogP contribution in [0.5, 0.6) is 0 Å². The van der Waals surface area contributed by atoms with Crippen LogP contribution >= 0.6 is 11.3 Å². The minimum absolute atomic E-state index is 0.0758. The molecule has 0 saturated heterocycles. The molecule has 3 aromatic rings. The molecule has 0 saturated carbocycles. The van der Waals surface area contributed by atoms with Gasteiger partial charge in [0.2, 0.25) is 10.0 Å². The second-order valence-electron chi connectivity index (χ2n) is 5.59. The number of sulfonamides is 3. The van der Waals surface area contributed by atoms with Crippen molar-refractivity contribution in [2.75, 3.05) is 9.44 Å². The largest absolute Gasteiger partial charge is 0.280 e. The highest BCUT2D eigenvalue weighted by Crippen LogP contribution is 2.22. The summed E-state index contributed by atoms with van der Waals surface area (Å²) >= 11 is 1.12. The molecule has 0 radical (unpaired) electrons. The standard InChI is InChI=1S/C15H14N4O6S4/c16-27(20,21)12-5-7-14(8-6-12)28(22,23)18-11-1-3-13(4-2-11)29(24,25)19-15-17-9-10-26-15/h1-10,18H,(H,17,19)(H2,16,20,21). The van der Waals surface area contributed by atoms with Crippen molar-refractivity contribution in [3.8, 4) is 0 Å². The van der Waals surface area contributed by atoms with Gasteiger partial charge in [-0.3, -0.25) is 9.44 Å². The Balaban J connectivity index is 1.78. The molecule has 0 amide bonds. The van der Waals surface area contributed by atoms with Gasteiger partial charge in [0.1, 0.15) is 0 Å². The first kappa shape index (κ1) is 21.2. The van der Waals surface area contributed by atoms with E-state index in [-0.39, 0.29) is 25.5 Å². The smallest absolute Gasteiger partial charge is 0.263 e. The number of rotatable bonds is 7. The number of aromatic nitrogens is 1. The van der Waals surface area contributed by atoms with Crippen molar-refractivity contribution in [2.45, 2.75) is 14.7 Å². The normalized spacial score (nSPS) is 12.4. The fourth-order valence-corrected chi connectivity index (χ4v) is 5.54. The van der Waals surface area contributed by atoms with Crippen LogP contribution in [0.1, 0.15) is 0 Å². The van der Waals surface area contributed by atoms with Crippen molar-refractivity contribution in [1.29, 1.82) is 0 Å². The van der Waals surface area contributed by atoms with Gasteiger partial charge in [0.15, 0.2) is 5.13 Å². The third kappa shape index (κ3) is 5.10. The fourth-order valence-electron chi connectivity index (χ4n) is 2.17. The zero-order valence-corrected chi connectivity index (χ0v) is 17.6. The van der Waals surface area contributed by atoms with E-state index in [0.717, 1.165) is 35.6 Å². The Labute approximate surface area is 171 Å². The Morgan fingerprint density at radius 2 is 1.21 bits per heavy atom. The molecule has 2 aromatic carbocycles. The molecular weight excluding hydrogens is 460 g/mol. The minimum atomic E-state index is -4.02. The molecule has 10 nitrogen and oxygen atoms in total. The lowest BCUT2D eigenvalue weighted by Gasteiger charge is -2.10. The average molecular weight is 475 g/mol. The van der Waals surface area contributed by atoms with Gasteiger partial charge in [-0.25, -0.2) is 35.4 Å². The number of anilines is 2. The van der Waals surface area contributed by atoms with Gasteiger partial charge in [-0.1, -0.05) is 0 Å². The van der Waals surface area contributed by atoms with Gasteiger partial charge in [-0.2, -0.15) is 0 Å². The summed E-state index contributed by atoms with van der Waals surface area (Å²) in [6.45, 7) is 0. The van der Waals surface area contributed by atoms with Crippen molar-refractivity contribution in [3.63, 3.8) is 0 Å². The van der Waals surface area contributed by atoms with Crippen LogP contribution in [0.2, 0.25) is 0 Å². The molecule has 14 heteroatoms. The lowest BCUT2D eigenvalue weighted by Crippen LogP contribution is -2.15. The topological polar surface area (TPSA) is 165 Å². The number of nitrogens with one attached hydrogen (secondary N) is 2. The first-order valence-corrected chi connectivity index (χ1v) is 13.0. The SMILES string of the molecule is NS(=O)(=O)c1ccc(S(=O)(=O)Nc2ccc(S(=O)(=O)Nc3nccs3)cc2)cc1. The second kappa shape index (κ2) is 7.72. The highest BCUT2D eigenvalue weighted by atomic mass is 32.2. The molecule has 0 aliphatic carbocycles. The first-order chi connectivity index (χ1) is 13.5. The van der Waals surface area contributed by atoms with Gasteiger partial charge in [0.25, 0.3) is 20.0 Å². The van der Waals surface area contributed by atoms with Crippen molar-refractivity contribution in [2.24, 2.45) is 5.14 Å². The Morgan fingerprint density at radius 1 is 0.724 bits per heavy atom. The summed E-state index contributed by atoms with van der Waals surface area (Å²) in [5.41, 5.74) is 0.119. The molecule has 4 N–H and O–H groups in total. The van der Waals surface area contributed by atoms with E-state index in [2.05, 4.69) is 14.4 Å². The summed E-state index contributed by atoms with van der Waals surface area (Å²) in [4.78, 5) is 3.35. The van der Waals surface area contributed by atoms with E-state index in [1.807, 2.05) is 0 Å². The van der Waals surface area contributed by atoms with E-state index in [4.69, 9.17) is 5.14 Å². The molecule has 0 aliphatic rings. The third-order valence-corrected chi connectivity index (χ3v) is 8.03. The quantitative estimate of drug-likeness (QED) is 0.465. The predicted octanol–water partition coefficient (Wildman–Crippen LogP) is 1.39. The summed E-state index contributed by atoms with van der Waals surface area (Å²) < 4.78 is 76.5. The maximum Gasteiger partial charge on any atom is 0.263 e. The molecule has 0 fully saturated rings. The summed E-state index contributed by atoms with van der Waals surface area (Å²) in [6.07, 6.45) is 1.45. The summed E-state index contributed by atoms with van der Waals surface area (Å²) in [6, 6.07) is 9.38. The van der Waals surface area contributed by atoms with Gasteiger partial charge < -0.3 is 0 Å². The molecule has 0 bridgehead atoms. The number of nitrogens with zero attached hydrogens (tertiary/aromatic N) is 1. The molecule has 0 unspecified atom stereocenters. The zero-order valence-electron chi connectivity index (χ0n) is 14.4. The lowest BCUT2D eigenvalue weighted by atomic mass is 10.3. The molecule has 3 rings (SSSR count). The second-order valence-corrected chi connectivity index (χ2v) is 11.4. The summed E-state index contributed by atoms with van der Waals surface area (Å²) in [5, 5.41) is 6.80. The molecule has 29 heavy (non-hydrogen) atoms. The number of thiazole rings is 1. The van der Waals surface area contributed by atoms with Crippen LogP contribution < -0.4 is 14.6 Å². The monoisotopic (exact) mass is 474 g/mol. The van der Waals surface area contributed by atoms with Crippen LogP contribution in [0.4, 0.5) is 10.8 Å². The average Bonchev–Trinajstić information content (AvgIpc) is 3.13. The number of hydrogen-bond acceptors (Lipinski definition) is 8. The molecule has 0 atom stereocenters. The molecule has 0 aliphatic heterocycles. The Bertz CT molecular complexity index is 1320. The molecule has 154 valence electrons. The van der Waals surface area contributed by atoms with Gasteiger partial charge in [0, 0.05) is 17.3 Å². The Morgan fingerprint density at radius 3 is 1.69 bits per heavy atom. The summed E-state index contributed by atoms with van der Waals surface area (Å²) in [7, 11) is -11.8. The Hall–Kier alpha value is -2.52. The predicted molar refractivity (Wildman–Crippen MR) is 108 cm³/mol. The highest BCUT2D eigenvalue weighted by Gasteiger charge is 2.18. The van der Waals surface area contributed by atoms with Gasteiger partial charge in [-0.05, 0) is 48.5 Å². The van der Waals surface area contributed by atoms with Crippen LogP contribution in [0.15, 0.2) is 74.8 Å². The van der Waals surface area contributed by atoms with E-state index in [0.29, 0.717) is 0 Å². The van der Waals surface area contributed by atoms with E-state index >= 15 is 0 Å². The summed E-state index contributed by atoms with van der Waals surface area (Å²) in [5.74, 6) is 0. The number of nitrogens with two attached hydrogens (primary N) is 1. The van der Waals surface area contributed by atoms with Crippen molar-refractivity contribution < 1.29 is 25.3 Å². The maximum absolute atomic E-state index is 12.4. The number of benzene rings is 2.